The Morgan fingerprint density at radius 1 is 0.950 bits per heavy atom. The fraction of sp³-hybridized carbons (Fsp3) is 0.294. The number of methoxy groups -OCH3 is 1. The van der Waals surface area contributed by atoms with Crippen molar-refractivity contribution >= 4 is 0 Å². The van der Waals surface area contributed by atoms with E-state index in [0.717, 1.165) is 11.5 Å². The van der Waals surface area contributed by atoms with Crippen molar-refractivity contribution in [1.29, 1.82) is 0 Å². The molecule has 0 aliphatic carbocycles. The Balaban J connectivity index is 2.25. The Labute approximate surface area is 119 Å². The van der Waals surface area contributed by atoms with Crippen LogP contribution in [0.1, 0.15) is 12.8 Å². The molecule has 3 nitrogen and oxygen atoms in total. The maximum Gasteiger partial charge on any atom is 0.149 e. The van der Waals surface area contributed by atoms with Crippen LogP contribution < -0.4 is 9.47 Å². The highest BCUT2D eigenvalue weighted by molar-refractivity contribution is 5.33. The van der Waals surface area contributed by atoms with E-state index in [0.29, 0.717) is 19.4 Å². The number of hydrogen-bond acceptors (Lipinski definition) is 3. The summed E-state index contributed by atoms with van der Waals surface area (Å²) in [5.41, 5.74) is 0. The Morgan fingerprint density at radius 3 is 2.30 bits per heavy atom. The first-order chi connectivity index (χ1) is 9.86. The van der Waals surface area contributed by atoms with Gasteiger partial charge < -0.3 is 14.6 Å². The van der Waals surface area contributed by atoms with Crippen molar-refractivity contribution in [3.63, 3.8) is 0 Å². The van der Waals surface area contributed by atoms with Crippen LogP contribution in [0.25, 0.3) is 0 Å². The van der Waals surface area contributed by atoms with E-state index in [2.05, 4.69) is 35.5 Å². The molecule has 0 saturated carbocycles. The average Bonchev–Trinajstić information content (AvgIpc) is 2.49. The molecule has 0 atom stereocenters. The normalized spacial score (nSPS) is 8.10. The molecule has 0 amide bonds. The van der Waals surface area contributed by atoms with Crippen LogP contribution in [0.3, 0.4) is 0 Å². The third-order valence-electron chi connectivity index (χ3n) is 2.16. The van der Waals surface area contributed by atoms with Gasteiger partial charge in [-0.05, 0) is 12.1 Å². The van der Waals surface area contributed by atoms with E-state index in [1.165, 1.54) is 0 Å². The average molecular weight is 268 g/mol. The molecule has 0 bridgehead atoms. The number of hydrogen-bond donors (Lipinski definition) is 1. The Morgan fingerprint density at radius 2 is 1.60 bits per heavy atom. The highest BCUT2D eigenvalue weighted by Crippen LogP contribution is 2.18. The molecule has 0 radical (unpaired) electrons. The molecule has 1 rings (SSSR count). The summed E-state index contributed by atoms with van der Waals surface area (Å²) < 4.78 is 10.5. The molecule has 102 valence electrons. The molecular weight excluding hydrogens is 252 g/mol. The molecule has 0 aliphatic rings. The van der Waals surface area contributed by atoms with Crippen molar-refractivity contribution in [2.75, 3.05) is 20.3 Å². The number of aliphatic hydroxyl groups excluding tert-OH is 1. The number of rotatable bonds is 3. The highest BCUT2D eigenvalue weighted by Gasteiger charge is 1.94. The van der Waals surface area contributed by atoms with E-state index in [9.17, 15) is 0 Å². The van der Waals surface area contributed by atoms with Crippen molar-refractivity contribution in [2.45, 2.75) is 12.8 Å². The van der Waals surface area contributed by atoms with Crippen molar-refractivity contribution < 1.29 is 14.6 Å². The van der Waals surface area contributed by atoms with Gasteiger partial charge in [-0.2, -0.15) is 0 Å². The molecule has 1 aromatic carbocycles. The molecule has 0 aliphatic heterocycles. The largest absolute Gasteiger partial charge is 0.497 e. The van der Waals surface area contributed by atoms with Crippen LogP contribution in [0.15, 0.2) is 24.3 Å². The molecule has 20 heavy (non-hydrogen) atoms. The van der Waals surface area contributed by atoms with Crippen LogP contribution in [-0.4, -0.2) is 25.4 Å². The second-order valence-electron chi connectivity index (χ2n) is 3.54. The minimum atomic E-state index is -0.122. The summed E-state index contributed by atoms with van der Waals surface area (Å²) in [4.78, 5) is 0. The topological polar surface area (TPSA) is 38.7 Å². The predicted molar refractivity (Wildman–Crippen MR) is 78.1 cm³/mol. The van der Waals surface area contributed by atoms with Gasteiger partial charge in [-0.3, -0.25) is 0 Å². The van der Waals surface area contributed by atoms with Crippen molar-refractivity contribution in [3.8, 4) is 47.0 Å². The lowest BCUT2D eigenvalue weighted by molar-refractivity contribution is 0.350. The molecule has 3 heteroatoms. The van der Waals surface area contributed by atoms with E-state index < -0.39 is 0 Å². The van der Waals surface area contributed by atoms with E-state index in [1.807, 2.05) is 18.2 Å². The fourth-order valence-electron chi connectivity index (χ4n) is 1.26. The first-order valence-corrected chi connectivity index (χ1v) is 6.11. The van der Waals surface area contributed by atoms with Gasteiger partial charge in [0.25, 0.3) is 0 Å². The van der Waals surface area contributed by atoms with Gasteiger partial charge in [0.05, 0.1) is 20.0 Å². The van der Waals surface area contributed by atoms with Crippen LogP contribution in [0.5, 0.6) is 11.5 Å². The molecule has 0 unspecified atom stereocenters. The maximum atomic E-state index is 8.43. The summed E-state index contributed by atoms with van der Waals surface area (Å²) in [6.07, 6.45) is 0.949. The molecule has 0 aromatic heterocycles. The summed E-state index contributed by atoms with van der Waals surface area (Å²) in [6.45, 7) is 0.197. The van der Waals surface area contributed by atoms with Gasteiger partial charge in [0, 0.05) is 6.07 Å². The Hall–Kier alpha value is -2.54. The summed E-state index contributed by atoms with van der Waals surface area (Å²) >= 11 is 0. The Kier molecular flexibility index (Phi) is 8.06. The van der Waals surface area contributed by atoms with E-state index in [4.69, 9.17) is 14.6 Å². The van der Waals surface area contributed by atoms with Crippen molar-refractivity contribution in [2.24, 2.45) is 0 Å². The summed E-state index contributed by atoms with van der Waals surface area (Å²) in [7, 11) is 1.61. The van der Waals surface area contributed by atoms with Crippen molar-refractivity contribution in [1.82, 2.24) is 0 Å². The van der Waals surface area contributed by atoms with Crippen LogP contribution in [-0.2, 0) is 0 Å². The molecule has 1 aromatic rings. The van der Waals surface area contributed by atoms with Gasteiger partial charge in [0.15, 0.2) is 0 Å². The summed E-state index contributed by atoms with van der Waals surface area (Å²) in [5, 5.41) is 8.43. The zero-order valence-corrected chi connectivity index (χ0v) is 11.4. The van der Waals surface area contributed by atoms with Gasteiger partial charge in [-0.1, -0.05) is 41.6 Å². The second kappa shape index (κ2) is 10.4. The monoisotopic (exact) mass is 268 g/mol. The number of aliphatic hydroxyl groups is 1. The molecular formula is C17H16O3. The lowest BCUT2D eigenvalue weighted by Crippen LogP contribution is -1.94. The quantitative estimate of drug-likeness (QED) is 0.850. The minimum Gasteiger partial charge on any atom is -0.497 e. The first-order valence-electron chi connectivity index (χ1n) is 6.11. The molecule has 0 heterocycles. The fourth-order valence-corrected chi connectivity index (χ4v) is 1.26. The number of benzene rings is 1. The SMILES string of the molecule is COc1cccc(OCC#CCC#CCC#CCO)c1. The van der Waals surface area contributed by atoms with Gasteiger partial charge in [0.2, 0.25) is 0 Å². The summed E-state index contributed by atoms with van der Waals surface area (Å²) in [5.74, 6) is 18.2. The summed E-state index contributed by atoms with van der Waals surface area (Å²) in [6, 6.07) is 7.37. The lowest BCUT2D eigenvalue weighted by atomic mass is 10.3. The third-order valence-corrected chi connectivity index (χ3v) is 2.16. The van der Waals surface area contributed by atoms with E-state index >= 15 is 0 Å². The standard InChI is InChI=1S/C17H16O3/c1-19-16-11-10-12-17(15-16)20-14-9-7-5-3-2-4-6-8-13-18/h10-12,15,18H,4-5,13-14H2,1H3. The molecule has 1 N–H and O–H groups in total. The highest BCUT2D eigenvalue weighted by atomic mass is 16.5. The van der Waals surface area contributed by atoms with Gasteiger partial charge >= 0.3 is 0 Å². The van der Waals surface area contributed by atoms with E-state index in [1.54, 1.807) is 13.2 Å². The third kappa shape index (κ3) is 7.02. The molecule has 0 spiro atoms. The van der Waals surface area contributed by atoms with Crippen LogP contribution in [0.4, 0.5) is 0 Å². The zero-order valence-electron chi connectivity index (χ0n) is 11.4. The van der Waals surface area contributed by atoms with Crippen LogP contribution in [0.2, 0.25) is 0 Å². The van der Waals surface area contributed by atoms with Gasteiger partial charge in [-0.15, -0.1) is 0 Å². The van der Waals surface area contributed by atoms with Crippen LogP contribution >= 0.6 is 0 Å². The van der Waals surface area contributed by atoms with Gasteiger partial charge in [-0.25, -0.2) is 0 Å². The smallest absolute Gasteiger partial charge is 0.149 e. The van der Waals surface area contributed by atoms with Gasteiger partial charge in [0.1, 0.15) is 24.7 Å². The molecule has 0 fully saturated rings. The maximum absolute atomic E-state index is 8.43. The first kappa shape index (κ1) is 15.5. The van der Waals surface area contributed by atoms with Crippen molar-refractivity contribution in [3.05, 3.63) is 24.3 Å². The minimum absolute atomic E-state index is 0.122. The number of ether oxygens (including phenoxy) is 2. The Bertz CT molecular complexity index is 586. The second-order valence-corrected chi connectivity index (χ2v) is 3.54. The van der Waals surface area contributed by atoms with Crippen LogP contribution in [0, 0.1) is 35.5 Å². The lowest BCUT2D eigenvalue weighted by Gasteiger charge is -2.03. The predicted octanol–water partition coefficient (Wildman–Crippen LogP) is 1.86. The van der Waals surface area contributed by atoms with E-state index in [-0.39, 0.29) is 6.61 Å². The zero-order chi connectivity index (χ0) is 14.5. The molecule has 0 saturated heterocycles.